The Morgan fingerprint density at radius 2 is 1.96 bits per heavy atom. The van der Waals surface area contributed by atoms with Gasteiger partial charge in [0.25, 0.3) is 0 Å². The van der Waals surface area contributed by atoms with E-state index in [0.717, 1.165) is 43.8 Å². The summed E-state index contributed by atoms with van der Waals surface area (Å²) < 4.78 is 1.92. The Morgan fingerprint density at radius 1 is 1.13 bits per heavy atom. The molecule has 3 aromatic rings. The van der Waals surface area contributed by atoms with E-state index in [-0.39, 0.29) is 6.73 Å². The molecular weight excluding hydrogens is 288 g/mol. The minimum absolute atomic E-state index is 0.00497. The number of rotatable bonds is 3. The van der Waals surface area contributed by atoms with Crippen molar-refractivity contribution in [1.82, 2.24) is 19.4 Å². The maximum absolute atomic E-state index is 9.69. The summed E-state index contributed by atoms with van der Waals surface area (Å²) in [6.07, 6.45) is 3.92. The lowest BCUT2D eigenvalue weighted by molar-refractivity contribution is 0.148. The number of piperazine rings is 1. The van der Waals surface area contributed by atoms with Gasteiger partial charge in [-0.2, -0.15) is 0 Å². The average Bonchev–Trinajstić information content (AvgIpc) is 2.95. The van der Waals surface area contributed by atoms with Crippen LogP contribution < -0.4 is 0 Å². The van der Waals surface area contributed by atoms with Crippen LogP contribution in [0.1, 0.15) is 5.56 Å². The largest absolute Gasteiger partial charge is 0.376 e. The van der Waals surface area contributed by atoms with Crippen LogP contribution in [0.5, 0.6) is 0 Å². The maximum Gasteiger partial charge on any atom is 0.119 e. The first-order valence-corrected chi connectivity index (χ1v) is 8.13. The maximum atomic E-state index is 9.69. The number of aliphatic hydroxyl groups is 1. The molecule has 1 saturated heterocycles. The Bertz CT molecular complexity index is 834. The molecule has 1 aliphatic heterocycles. The van der Waals surface area contributed by atoms with Crippen molar-refractivity contribution in [3.8, 4) is 0 Å². The molecule has 120 valence electrons. The van der Waals surface area contributed by atoms with Crippen LogP contribution in [0, 0.1) is 0 Å². The molecular formula is C18H22N4O. The third-order valence-corrected chi connectivity index (χ3v) is 4.85. The summed E-state index contributed by atoms with van der Waals surface area (Å²) in [6.45, 7) is 5.33. The van der Waals surface area contributed by atoms with Gasteiger partial charge in [-0.1, -0.05) is 6.07 Å². The summed E-state index contributed by atoms with van der Waals surface area (Å²) >= 11 is 0. The zero-order chi connectivity index (χ0) is 15.8. The third-order valence-electron chi connectivity index (χ3n) is 4.85. The average molecular weight is 310 g/mol. The fraction of sp³-hybridized carbons (Fsp3) is 0.389. The van der Waals surface area contributed by atoms with Crippen molar-refractivity contribution < 1.29 is 5.11 Å². The number of pyridine rings is 1. The van der Waals surface area contributed by atoms with Crippen molar-refractivity contribution in [2.45, 2.75) is 13.3 Å². The molecule has 0 unspecified atom stereocenters. The van der Waals surface area contributed by atoms with Gasteiger partial charge in [0.15, 0.2) is 0 Å². The molecule has 4 rings (SSSR count). The Balaban J connectivity index is 1.80. The van der Waals surface area contributed by atoms with Gasteiger partial charge in [0.1, 0.15) is 6.73 Å². The van der Waals surface area contributed by atoms with Crippen LogP contribution in [-0.2, 0) is 13.3 Å². The summed E-state index contributed by atoms with van der Waals surface area (Å²) in [6, 6.07) is 8.20. The van der Waals surface area contributed by atoms with Crippen molar-refractivity contribution in [2.75, 3.05) is 33.2 Å². The predicted molar refractivity (Wildman–Crippen MR) is 92.2 cm³/mol. The molecule has 2 aromatic heterocycles. The standard InChI is InChI=1S/C18H22N4O/c1-20-7-9-21(10-8-20)11-14-12-22(13-23)17-5-4-16-15(18(14)17)3-2-6-19-16/h2-6,12,23H,7-11,13H2,1H3. The van der Waals surface area contributed by atoms with Crippen LogP contribution in [0.3, 0.4) is 0 Å². The number of fused-ring (bicyclic) bond motifs is 3. The van der Waals surface area contributed by atoms with Crippen LogP contribution in [0.15, 0.2) is 36.7 Å². The van der Waals surface area contributed by atoms with Gasteiger partial charge in [0, 0.05) is 55.9 Å². The second-order valence-corrected chi connectivity index (χ2v) is 6.37. The van der Waals surface area contributed by atoms with Gasteiger partial charge in [-0.05, 0) is 30.8 Å². The van der Waals surface area contributed by atoms with Gasteiger partial charge in [0.05, 0.1) is 11.0 Å². The van der Waals surface area contributed by atoms with Gasteiger partial charge in [-0.15, -0.1) is 0 Å². The fourth-order valence-electron chi connectivity index (χ4n) is 3.52. The minimum Gasteiger partial charge on any atom is -0.376 e. The van der Waals surface area contributed by atoms with Crippen molar-refractivity contribution in [3.05, 3.63) is 42.2 Å². The molecule has 5 heteroatoms. The lowest BCUT2D eigenvalue weighted by Gasteiger charge is -2.32. The van der Waals surface area contributed by atoms with Crippen molar-refractivity contribution in [3.63, 3.8) is 0 Å². The third kappa shape index (κ3) is 2.61. The molecule has 0 aliphatic carbocycles. The smallest absolute Gasteiger partial charge is 0.119 e. The number of hydrogen-bond acceptors (Lipinski definition) is 4. The molecule has 3 heterocycles. The van der Waals surface area contributed by atoms with Crippen LogP contribution in [-0.4, -0.2) is 57.7 Å². The molecule has 0 saturated carbocycles. The lowest BCUT2D eigenvalue weighted by Crippen LogP contribution is -2.43. The highest BCUT2D eigenvalue weighted by Gasteiger charge is 2.18. The number of likely N-dealkylation sites (N-methyl/N-ethyl adjacent to an activating group) is 1. The first kappa shape index (κ1) is 14.6. The van der Waals surface area contributed by atoms with Crippen molar-refractivity contribution in [2.24, 2.45) is 0 Å². The summed E-state index contributed by atoms with van der Waals surface area (Å²) in [5.74, 6) is 0. The van der Waals surface area contributed by atoms with Crippen LogP contribution in [0.25, 0.3) is 21.8 Å². The molecule has 1 fully saturated rings. The summed E-state index contributed by atoms with van der Waals surface area (Å²) in [5, 5.41) is 12.1. The quantitative estimate of drug-likeness (QED) is 0.802. The monoisotopic (exact) mass is 310 g/mol. The fourth-order valence-corrected chi connectivity index (χ4v) is 3.52. The second-order valence-electron chi connectivity index (χ2n) is 6.37. The Kier molecular flexibility index (Phi) is 3.77. The van der Waals surface area contributed by atoms with E-state index in [1.807, 2.05) is 22.9 Å². The Morgan fingerprint density at radius 3 is 2.74 bits per heavy atom. The van der Waals surface area contributed by atoms with E-state index in [1.54, 1.807) is 0 Å². The number of aliphatic hydroxyl groups excluding tert-OH is 1. The summed E-state index contributed by atoms with van der Waals surface area (Å²) in [5.41, 5.74) is 3.37. The van der Waals surface area contributed by atoms with E-state index in [0.29, 0.717) is 0 Å². The number of benzene rings is 1. The van der Waals surface area contributed by atoms with E-state index >= 15 is 0 Å². The Labute approximate surface area is 135 Å². The van der Waals surface area contributed by atoms with E-state index in [1.165, 1.54) is 16.3 Å². The molecule has 5 nitrogen and oxygen atoms in total. The molecule has 0 atom stereocenters. The molecule has 23 heavy (non-hydrogen) atoms. The molecule has 0 bridgehead atoms. The SMILES string of the molecule is CN1CCN(Cc2cn(CO)c3ccc4ncccc4c23)CC1. The normalized spacial score (nSPS) is 17.3. The number of nitrogens with zero attached hydrogens (tertiary/aromatic N) is 4. The van der Waals surface area contributed by atoms with Crippen molar-refractivity contribution >= 4 is 21.8 Å². The van der Waals surface area contributed by atoms with Crippen LogP contribution in [0.2, 0.25) is 0 Å². The molecule has 0 radical (unpaired) electrons. The van der Waals surface area contributed by atoms with Crippen LogP contribution in [0.4, 0.5) is 0 Å². The van der Waals surface area contributed by atoms with Gasteiger partial charge in [-0.3, -0.25) is 9.88 Å². The minimum atomic E-state index is 0.00497. The number of hydrogen-bond donors (Lipinski definition) is 1. The predicted octanol–water partition coefficient (Wildman–Crippen LogP) is 1.89. The first-order valence-electron chi connectivity index (χ1n) is 8.13. The summed E-state index contributed by atoms with van der Waals surface area (Å²) in [4.78, 5) is 9.33. The highest BCUT2D eigenvalue weighted by molar-refractivity contribution is 6.07. The molecule has 0 amide bonds. The molecule has 1 N–H and O–H groups in total. The summed E-state index contributed by atoms with van der Waals surface area (Å²) in [7, 11) is 2.17. The van der Waals surface area contributed by atoms with E-state index < -0.39 is 0 Å². The highest BCUT2D eigenvalue weighted by Crippen LogP contribution is 2.30. The van der Waals surface area contributed by atoms with Crippen LogP contribution >= 0.6 is 0 Å². The highest BCUT2D eigenvalue weighted by atomic mass is 16.3. The van der Waals surface area contributed by atoms with Crippen molar-refractivity contribution in [1.29, 1.82) is 0 Å². The van der Waals surface area contributed by atoms with E-state index in [9.17, 15) is 5.11 Å². The van der Waals surface area contributed by atoms with E-state index in [4.69, 9.17) is 0 Å². The van der Waals surface area contributed by atoms with Gasteiger partial charge < -0.3 is 14.6 Å². The number of aromatic nitrogens is 2. The second kappa shape index (κ2) is 5.92. The van der Waals surface area contributed by atoms with Gasteiger partial charge in [0.2, 0.25) is 0 Å². The zero-order valence-electron chi connectivity index (χ0n) is 13.4. The molecule has 1 aliphatic rings. The molecule has 1 aromatic carbocycles. The zero-order valence-corrected chi connectivity index (χ0v) is 13.4. The first-order chi connectivity index (χ1) is 11.3. The Hall–Kier alpha value is -1.95. The van der Waals surface area contributed by atoms with Gasteiger partial charge >= 0.3 is 0 Å². The lowest BCUT2D eigenvalue weighted by atomic mass is 10.1. The van der Waals surface area contributed by atoms with Gasteiger partial charge in [-0.25, -0.2) is 0 Å². The molecule has 0 spiro atoms. The topological polar surface area (TPSA) is 44.5 Å². The van der Waals surface area contributed by atoms with E-state index in [2.05, 4.69) is 40.2 Å².